The summed E-state index contributed by atoms with van der Waals surface area (Å²) in [6.07, 6.45) is 3.37. The zero-order valence-corrected chi connectivity index (χ0v) is 6.99. The Kier molecular flexibility index (Phi) is 2.84. The molecule has 4 nitrogen and oxygen atoms in total. The first-order chi connectivity index (χ1) is 6.15. The van der Waals surface area contributed by atoms with E-state index in [0.29, 0.717) is 24.8 Å². The van der Waals surface area contributed by atoms with E-state index in [9.17, 15) is 9.59 Å². The van der Waals surface area contributed by atoms with Crippen LogP contribution in [0.1, 0.15) is 19.3 Å². The van der Waals surface area contributed by atoms with Gasteiger partial charge in [-0.1, -0.05) is 0 Å². The monoisotopic (exact) mass is 182 g/mol. The molecule has 0 aromatic rings. The summed E-state index contributed by atoms with van der Waals surface area (Å²) in [6.45, 7) is 0. The Morgan fingerprint density at radius 2 is 1.92 bits per heavy atom. The summed E-state index contributed by atoms with van der Waals surface area (Å²) < 4.78 is 0. The number of aliphatic hydroxyl groups is 1. The predicted octanol–water partition coefficient (Wildman–Crippen LogP) is 1.19. The lowest BCUT2D eigenvalue weighted by molar-refractivity contribution is -0.131. The van der Waals surface area contributed by atoms with Crippen molar-refractivity contribution in [3.05, 3.63) is 23.5 Å². The lowest BCUT2D eigenvalue weighted by Crippen LogP contribution is -2.13. The van der Waals surface area contributed by atoms with Gasteiger partial charge in [0, 0.05) is 17.2 Å². The number of Topliss-reactive ketones (excluding diaryl/α,β-unsaturated/α-hetero) is 1. The van der Waals surface area contributed by atoms with E-state index < -0.39 is 5.97 Å². The summed E-state index contributed by atoms with van der Waals surface area (Å²) in [5, 5.41) is 17.1. The standard InChI is InChI=1S/C9H10O4/c10-5-7-3-1-2-6(9(7)13)4-8(11)12/h4-5,10H,1-3H2,(H,11,12)/b6-4+,7-5-. The van der Waals surface area contributed by atoms with Gasteiger partial charge in [0.1, 0.15) is 0 Å². The van der Waals surface area contributed by atoms with Crippen LogP contribution < -0.4 is 0 Å². The lowest BCUT2D eigenvalue weighted by atomic mass is 9.89. The van der Waals surface area contributed by atoms with E-state index in [1.165, 1.54) is 0 Å². The molecule has 1 aliphatic rings. The van der Waals surface area contributed by atoms with Crippen LogP contribution in [0.4, 0.5) is 0 Å². The van der Waals surface area contributed by atoms with E-state index >= 15 is 0 Å². The second-order valence-electron chi connectivity index (χ2n) is 2.84. The van der Waals surface area contributed by atoms with Gasteiger partial charge in [0.2, 0.25) is 0 Å². The first-order valence-electron chi connectivity index (χ1n) is 3.96. The third-order valence-electron chi connectivity index (χ3n) is 1.93. The van der Waals surface area contributed by atoms with Gasteiger partial charge < -0.3 is 10.2 Å². The summed E-state index contributed by atoms with van der Waals surface area (Å²) in [7, 11) is 0. The Morgan fingerprint density at radius 1 is 1.31 bits per heavy atom. The van der Waals surface area contributed by atoms with Crippen LogP contribution in [-0.2, 0) is 9.59 Å². The second-order valence-corrected chi connectivity index (χ2v) is 2.84. The fraction of sp³-hybridized carbons (Fsp3) is 0.333. The van der Waals surface area contributed by atoms with Gasteiger partial charge in [-0.3, -0.25) is 4.79 Å². The van der Waals surface area contributed by atoms with Crippen molar-refractivity contribution < 1.29 is 19.8 Å². The maximum atomic E-state index is 11.3. The summed E-state index contributed by atoms with van der Waals surface area (Å²) in [6, 6.07) is 0. The molecule has 13 heavy (non-hydrogen) atoms. The van der Waals surface area contributed by atoms with Crippen LogP contribution in [0.5, 0.6) is 0 Å². The maximum absolute atomic E-state index is 11.3. The zero-order valence-electron chi connectivity index (χ0n) is 6.99. The SMILES string of the molecule is O=C(O)/C=C1\CCC/C(=C/O)C1=O. The van der Waals surface area contributed by atoms with Crippen LogP contribution in [0.3, 0.4) is 0 Å². The highest BCUT2D eigenvalue weighted by molar-refractivity contribution is 6.11. The number of carbonyl (C=O) groups excluding carboxylic acids is 1. The number of carbonyl (C=O) groups is 2. The van der Waals surface area contributed by atoms with Crippen molar-refractivity contribution in [2.75, 3.05) is 0 Å². The smallest absolute Gasteiger partial charge is 0.328 e. The maximum Gasteiger partial charge on any atom is 0.328 e. The highest BCUT2D eigenvalue weighted by Gasteiger charge is 2.21. The quantitative estimate of drug-likeness (QED) is 0.472. The van der Waals surface area contributed by atoms with Crippen LogP contribution in [0.25, 0.3) is 0 Å². The average molecular weight is 182 g/mol. The molecular formula is C9H10O4. The average Bonchev–Trinajstić information content (AvgIpc) is 2.08. The molecule has 1 rings (SSSR count). The molecule has 0 spiro atoms. The van der Waals surface area contributed by atoms with Gasteiger partial charge in [-0.05, 0) is 19.3 Å². The van der Waals surface area contributed by atoms with Crippen molar-refractivity contribution in [1.82, 2.24) is 0 Å². The Balaban J connectivity index is 2.89. The Labute approximate surface area is 75.2 Å². The molecule has 1 fully saturated rings. The molecule has 0 bridgehead atoms. The van der Waals surface area contributed by atoms with Crippen molar-refractivity contribution in [2.45, 2.75) is 19.3 Å². The molecule has 0 heterocycles. The summed E-state index contributed by atoms with van der Waals surface area (Å²) in [5.41, 5.74) is 0.554. The largest absolute Gasteiger partial charge is 0.515 e. The minimum absolute atomic E-state index is 0.263. The number of aliphatic carboxylic acids is 1. The van der Waals surface area contributed by atoms with Gasteiger partial charge in [-0.25, -0.2) is 4.79 Å². The van der Waals surface area contributed by atoms with Crippen molar-refractivity contribution in [3.63, 3.8) is 0 Å². The van der Waals surface area contributed by atoms with Gasteiger partial charge in [-0.2, -0.15) is 0 Å². The third-order valence-corrected chi connectivity index (χ3v) is 1.93. The molecule has 0 atom stereocenters. The zero-order chi connectivity index (χ0) is 9.84. The number of aliphatic hydroxyl groups excluding tert-OH is 1. The number of allylic oxidation sites excluding steroid dienone is 2. The van der Waals surface area contributed by atoms with Gasteiger partial charge >= 0.3 is 5.97 Å². The Bertz CT molecular complexity index is 299. The summed E-state index contributed by atoms with van der Waals surface area (Å²) in [5.74, 6) is -1.47. The molecule has 70 valence electrons. The second kappa shape index (κ2) is 3.89. The topological polar surface area (TPSA) is 74.6 Å². The molecule has 0 aliphatic heterocycles. The van der Waals surface area contributed by atoms with Crippen LogP contribution in [-0.4, -0.2) is 22.0 Å². The van der Waals surface area contributed by atoms with E-state index in [4.69, 9.17) is 10.2 Å². The van der Waals surface area contributed by atoms with Crippen LogP contribution >= 0.6 is 0 Å². The van der Waals surface area contributed by atoms with E-state index in [1.54, 1.807) is 0 Å². The number of hydrogen-bond acceptors (Lipinski definition) is 3. The molecule has 1 saturated carbocycles. The number of carboxylic acids is 1. The lowest BCUT2D eigenvalue weighted by Gasteiger charge is -2.13. The predicted molar refractivity (Wildman–Crippen MR) is 45.3 cm³/mol. The van der Waals surface area contributed by atoms with Crippen LogP contribution in [0, 0.1) is 0 Å². The molecule has 0 saturated heterocycles. The fourth-order valence-corrected chi connectivity index (χ4v) is 1.31. The Morgan fingerprint density at radius 3 is 2.46 bits per heavy atom. The van der Waals surface area contributed by atoms with E-state index in [-0.39, 0.29) is 11.4 Å². The normalized spacial score (nSPS) is 23.8. The summed E-state index contributed by atoms with van der Waals surface area (Å²) in [4.78, 5) is 21.6. The van der Waals surface area contributed by atoms with Crippen molar-refractivity contribution in [1.29, 1.82) is 0 Å². The van der Waals surface area contributed by atoms with Crippen LogP contribution in [0.2, 0.25) is 0 Å². The number of rotatable bonds is 1. The first kappa shape index (κ1) is 9.51. The number of hydrogen-bond donors (Lipinski definition) is 2. The molecular weight excluding hydrogens is 172 g/mol. The first-order valence-corrected chi connectivity index (χ1v) is 3.96. The van der Waals surface area contributed by atoms with Gasteiger partial charge in [0.25, 0.3) is 0 Å². The molecule has 1 aliphatic carbocycles. The van der Waals surface area contributed by atoms with E-state index in [1.807, 2.05) is 0 Å². The van der Waals surface area contributed by atoms with Crippen LogP contribution in [0.15, 0.2) is 23.5 Å². The van der Waals surface area contributed by atoms with Gasteiger partial charge in [-0.15, -0.1) is 0 Å². The molecule has 4 heteroatoms. The minimum atomic E-state index is -1.12. The van der Waals surface area contributed by atoms with Gasteiger partial charge in [0.05, 0.1) is 6.26 Å². The van der Waals surface area contributed by atoms with Crippen molar-refractivity contribution in [2.24, 2.45) is 0 Å². The summed E-state index contributed by atoms with van der Waals surface area (Å²) >= 11 is 0. The van der Waals surface area contributed by atoms with Crippen molar-refractivity contribution in [3.8, 4) is 0 Å². The minimum Gasteiger partial charge on any atom is -0.515 e. The number of ketones is 1. The molecule has 2 N–H and O–H groups in total. The number of carboxylic acid groups (broad SMARTS) is 1. The van der Waals surface area contributed by atoms with Crippen molar-refractivity contribution >= 4 is 11.8 Å². The molecule has 0 aromatic carbocycles. The molecule has 0 amide bonds. The molecule has 0 radical (unpaired) electrons. The highest BCUT2D eigenvalue weighted by Crippen LogP contribution is 2.23. The third kappa shape index (κ3) is 2.18. The van der Waals surface area contributed by atoms with E-state index in [2.05, 4.69) is 0 Å². The molecule has 0 unspecified atom stereocenters. The van der Waals surface area contributed by atoms with E-state index in [0.717, 1.165) is 12.3 Å². The fourth-order valence-electron chi connectivity index (χ4n) is 1.31. The van der Waals surface area contributed by atoms with Gasteiger partial charge in [0.15, 0.2) is 5.78 Å². The Hall–Kier alpha value is -1.58. The molecule has 0 aromatic heterocycles. The highest BCUT2D eigenvalue weighted by atomic mass is 16.4.